The zero-order valence-corrected chi connectivity index (χ0v) is 18.2. The lowest BCUT2D eigenvalue weighted by Crippen LogP contribution is -2.50. The van der Waals surface area contributed by atoms with Crippen molar-refractivity contribution in [2.75, 3.05) is 4.90 Å². The Labute approximate surface area is 188 Å². The molecule has 2 amide bonds. The van der Waals surface area contributed by atoms with E-state index >= 15 is 0 Å². The summed E-state index contributed by atoms with van der Waals surface area (Å²) in [5, 5.41) is 0.160. The number of allylic oxidation sites excluding steroid dienone is 2. The fraction of sp³-hybridized carbons (Fsp3) is 0.333. The van der Waals surface area contributed by atoms with E-state index in [1.807, 2.05) is 0 Å². The summed E-state index contributed by atoms with van der Waals surface area (Å²) in [5.41, 5.74) is 0.214. The number of benzene rings is 1. The second kappa shape index (κ2) is 5.73. The van der Waals surface area contributed by atoms with Crippen LogP contribution in [-0.2, 0) is 9.59 Å². The molecule has 2 fully saturated rings. The molecule has 4 atom stereocenters. The fourth-order valence-electron chi connectivity index (χ4n) is 3.87. The van der Waals surface area contributed by atoms with E-state index in [4.69, 9.17) is 92.8 Å². The molecular formula is C15H5Cl8NO2. The van der Waals surface area contributed by atoms with Crippen LogP contribution in [0.1, 0.15) is 0 Å². The van der Waals surface area contributed by atoms with Crippen LogP contribution in [0, 0.1) is 11.8 Å². The number of fused-ring (bicyclic) bond motifs is 5. The minimum absolute atomic E-state index is 0.140. The minimum Gasteiger partial charge on any atom is -0.274 e. The van der Waals surface area contributed by atoms with Crippen molar-refractivity contribution in [3.63, 3.8) is 0 Å². The molecular weight excluding hydrogens is 510 g/mol. The fourth-order valence-corrected chi connectivity index (χ4v) is 7.10. The van der Waals surface area contributed by atoms with E-state index in [1.54, 1.807) is 0 Å². The molecule has 1 saturated heterocycles. The molecule has 3 aliphatic rings. The maximum Gasteiger partial charge on any atom is 0.240 e. The molecule has 1 saturated carbocycles. The average Bonchev–Trinajstić information content (AvgIpc) is 2.95. The summed E-state index contributed by atoms with van der Waals surface area (Å²) in [6.07, 6.45) is 0. The molecule has 0 radical (unpaired) electrons. The van der Waals surface area contributed by atoms with Gasteiger partial charge in [0.1, 0.15) is 9.75 Å². The Kier molecular flexibility index (Phi) is 4.35. The molecule has 1 heterocycles. The number of hydrogen-bond acceptors (Lipinski definition) is 2. The van der Waals surface area contributed by atoms with Gasteiger partial charge in [-0.15, -0.1) is 23.2 Å². The van der Waals surface area contributed by atoms with E-state index in [9.17, 15) is 9.59 Å². The first kappa shape index (κ1) is 19.7. The number of nitrogens with zero attached hydrogens (tertiary/aromatic N) is 1. The van der Waals surface area contributed by atoms with Gasteiger partial charge in [0.05, 0.1) is 37.6 Å². The number of rotatable bonds is 1. The Morgan fingerprint density at radius 2 is 1.23 bits per heavy atom. The van der Waals surface area contributed by atoms with Crippen molar-refractivity contribution in [1.29, 1.82) is 0 Å². The molecule has 11 heteroatoms. The van der Waals surface area contributed by atoms with Crippen molar-refractivity contribution in [3.05, 3.63) is 38.3 Å². The molecule has 0 N–H and O–H groups in total. The number of amides is 2. The Hall–Kier alpha value is 0.420. The summed E-state index contributed by atoms with van der Waals surface area (Å²) in [7, 11) is 0. The van der Waals surface area contributed by atoms with Crippen LogP contribution in [0.5, 0.6) is 0 Å². The van der Waals surface area contributed by atoms with Crippen LogP contribution in [0.2, 0.25) is 10.0 Å². The highest BCUT2D eigenvalue weighted by atomic mass is 35.5. The molecule has 0 aromatic heterocycles. The van der Waals surface area contributed by atoms with Crippen molar-refractivity contribution in [2.45, 2.75) is 14.1 Å². The second-order valence-electron chi connectivity index (χ2n) is 6.19. The van der Waals surface area contributed by atoms with Gasteiger partial charge >= 0.3 is 0 Å². The van der Waals surface area contributed by atoms with Crippen molar-refractivity contribution in [3.8, 4) is 0 Å². The molecule has 4 rings (SSSR count). The molecule has 2 bridgehead atoms. The van der Waals surface area contributed by atoms with Crippen LogP contribution in [0.15, 0.2) is 28.3 Å². The summed E-state index contributed by atoms with van der Waals surface area (Å²) in [5.74, 6) is -3.67. The topological polar surface area (TPSA) is 37.4 Å². The normalized spacial score (nSPS) is 37.8. The summed E-state index contributed by atoms with van der Waals surface area (Å²) < 4.78 is -1.96. The SMILES string of the molecule is O=C1[C@@H]2[C@H](C(=O)N1c1ccc(Cl)c(Cl)c1)[C@]1(Cl)C(Cl)=C(Cl)[C@]2(Cl)C1(Cl)Cl. The first-order valence-electron chi connectivity index (χ1n) is 7.07. The van der Waals surface area contributed by atoms with Crippen LogP contribution >= 0.6 is 92.8 Å². The highest BCUT2D eigenvalue weighted by Gasteiger charge is 2.87. The maximum absolute atomic E-state index is 13.1. The van der Waals surface area contributed by atoms with Crippen molar-refractivity contribution >= 4 is 110 Å². The largest absolute Gasteiger partial charge is 0.274 e. The molecule has 3 nitrogen and oxygen atoms in total. The Balaban J connectivity index is 1.90. The molecule has 1 aromatic rings. The van der Waals surface area contributed by atoms with E-state index in [1.165, 1.54) is 18.2 Å². The highest BCUT2D eigenvalue weighted by Crippen LogP contribution is 2.77. The Bertz CT molecular complexity index is 884. The first-order chi connectivity index (χ1) is 11.9. The predicted octanol–water partition coefficient (Wildman–Crippen LogP) is 5.94. The smallest absolute Gasteiger partial charge is 0.240 e. The van der Waals surface area contributed by atoms with Crippen molar-refractivity contribution in [2.24, 2.45) is 11.8 Å². The first-order valence-corrected chi connectivity index (χ1v) is 10.1. The maximum atomic E-state index is 13.1. The summed E-state index contributed by atoms with van der Waals surface area (Å²) >= 11 is 50.4. The number of imide groups is 1. The number of carbonyl (C=O) groups excluding carboxylic acids is 2. The zero-order chi connectivity index (χ0) is 19.4. The highest BCUT2D eigenvalue weighted by molar-refractivity contribution is 6.67. The molecule has 1 aliphatic heterocycles. The van der Waals surface area contributed by atoms with Crippen molar-refractivity contribution < 1.29 is 9.59 Å². The molecule has 26 heavy (non-hydrogen) atoms. The van der Waals surface area contributed by atoms with E-state index < -0.39 is 37.7 Å². The number of carbonyl (C=O) groups is 2. The van der Waals surface area contributed by atoms with Gasteiger partial charge in [0, 0.05) is 0 Å². The van der Waals surface area contributed by atoms with Crippen LogP contribution in [0.3, 0.4) is 0 Å². The third-order valence-corrected chi connectivity index (χ3v) is 10.1. The van der Waals surface area contributed by atoms with Gasteiger partial charge in [-0.05, 0) is 18.2 Å². The lowest BCUT2D eigenvalue weighted by atomic mass is 9.84. The van der Waals surface area contributed by atoms with Gasteiger partial charge in [-0.25, -0.2) is 4.90 Å². The van der Waals surface area contributed by atoms with Crippen LogP contribution in [0.25, 0.3) is 0 Å². The molecule has 2 aliphatic carbocycles. The van der Waals surface area contributed by atoms with Gasteiger partial charge in [0.15, 0.2) is 4.33 Å². The van der Waals surface area contributed by atoms with Crippen LogP contribution < -0.4 is 4.90 Å². The zero-order valence-electron chi connectivity index (χ0n) is 12.2. The summed E-state index contributed by atoms with van der Waals surface area (Å²) in [6.45, 7) is 0. The quantitative estimate of drug-likeness (QED) is 0.343. The van der Waals surface area contributed by atoms with Gasteiger partial charge < -0.3 is 0 Å². The van der Waals surface area contributed by atoms with E-state index in [0.29, 0.717) is 0 Å². The Morgan fingerprint density at radius 3 is 1.65 bits per heavy atom. The van der Waals surface area contributed by atoms with Gasteiger partial charge in [0.25, 0.3) is 0 Å². The summed E-state index contributed by atoms with van der Waals surface area (Å²) in [6, 6.07) is 4.32. The van der Waals surface area contributed by atoms with Gasteiger partial charge in [0.2, 0.25) is 11.8 Å². The number of hydrogen-bond donors (Lipinski definition) is 0. The van der Waals surface area contributed by atoms with Gasteiger partial charge in [-0.1, -0.05) is 69.6 Å². The Morgan fingerprint density at radius 1 is 0.769 bits per heavy atom. The van der Waals surface area contributed by atoms with Crippen LogP contribution in [0.4, 0.5) is 5.69 Å². The monoisotopic (exact) mass is 511 g/mol. The second-order valence-corrected chi connectivity index (χ2v) is 10.3. The van der Waals surface area contributed by atoms with Gasteiger partial charge in [-0.3, -0.25) is 9.59 Å². The molecule has 0 spiro atoms. The number of anilines is 1. The van der Waals surface area contributed by atoms with E-state index in [2.05, 4.69) is 0 Å². The predicted molar refractivity (Wildman–Crippen MR) is 106 cm³/mol. The average molecular weight is 515 g/mol. The van der Waals surface area contributed by atoms with Gasteiger partial charge in [-0.2, -0.15) is 0 Å². The molecule has 138 valence electrons. The third-order valence-electron chi connectivity index (χ3n) is 5.07. The van der Waals surface area contributed by atoms with E-state index in [0.717, 1.165) is 4.90 Å². The lowest BCUT2D eigenvalue weighted by Gasteiger charge is -2.34. The van der Waals surface area contributed by atoms with Crippen LogP contribution in [-0.4, -0.2) is 25.9 Å². The number of alkyl halides is 4. The lowest BCUT2D eigenvalue weighted by molar-refractivity contribution is -0.123. The molecule has 1 aromatic carbocycles. The minimum atomic E-state index is -1.96. The van der Waals surface area contributed by atoms with E-state index in [-0.39, 0.29) is 25.8 Å². The third kappa shape index (κ3) is 1.92. The number of halogens is 8. The molecule has 0 unspecified atom stereocenters. The van der Waals surface area contributed by atoms with Crippen molar-refractivity contribution in [1.82, 2.24) is 0 Å². The summed E-state index contributed by atoms with van der Waals surface area (Å²) in [4.78, 5) is 23.5. The standard InChI is InChI=1S/C15H5Cl8NO2/c16-5-2-1-4(3-6(5)17)24-11(25)7-8(12(24)26)14(21)10(19)9(18)13(7,20)15(14,22)23/h1-3,7-8H/t7-,8+,13-,14-/m0/s1.